The molecule has 45 heavy (non-hydrogen) atoms. The lowest BCUT2D eigenvalue weighted by Crippen LogP contribution is -2.44. The van der Waals surface area contributed by atoms with E-state index in [4.69, 9.17) is 11.6 Å². The van der Waals surface area contributed by atoms with Gasteiger partial charge in [-0.3, -0.25) is 14.4 Å². The fraction of sp³-hybridized carbons (Fsp3) is 0.182. The maximum absolute atomic E-state index is 15.5. The van der Waals surface area contributed by atoms with Gasteiger partial charge in [-0.05, 0) is 37.3 Å². The second-order valence-corrected chi connectivity index (χ2v) is 11.1. The van der Waals surface area contributed by atoms with Crippen molar-refractivity contribution in [2.75, 3.05) is 17.2 Å². The zero-order valence-electron chi connectivity index (χ0n) is 24.0. The molecule has 2 unspecified atom stereocenters. The van der Waals surface area contributed by atoms with Gasteiger partial charge in [0.25, 0.3) is 0 Å². The lowest BCUT2D eigenvalue weighted by molar-refractivity contribution is -0.137. The second-order valence-electron chi connectivity index (χ2n) is 10.7. The third kappa shape index (κ3) is 6.12. The first-order valence-corrected chi connectivity index (χ1v) is 14.5. The van der Waals surface area contributed by atoms with E-state index in [0.29, 0.717) is 38.4 Å². The van der Waals surface area contributed by atoms with Crippen LogP contribution in [0.4, 0.5) is 25.8 Å². The summed E-state index contributed by atoms with van der Waals surface area (Å²) in [5.41, 5.74) is 2.89. The highest BCUT2D eigenvalue weighted by Crippen LogP contribution is 2.33. The van der Waals surface area contributed by atoms with Gasteiger partial charge in [-0.15, -0.1) is 0 Å². The molecule has 2 atom stereocenters. The molecular weight excluding hydrogens is 602 g/mol. The molecule has 2 N–H and O–H groups in total. The van der Waals surface area contributed by atoms with E-state index in [2.05, 4.69) is 20.6 Å². The average molecular weight is 629 g/mol. The van der Waals surface area contributed by atoms with Crippen LogP contribution in [0.25, 0.3) is 22.0 Å². The minimum absolute atomic E-state index is 0.110. The zero-order valence-corrected chi connectivity index (χ0v) is 24.8. The Bertz CT molecular complexity index is 1930. The molecular formula is C33H27ClF2N6O3. The molecule has 0 saturated carbocycles. The fourth-order valence-corrected chi connectivity index (χ4v) is 5.83. The summed E-state index contributed by atoms with van der Waals surface area (Å²) in [4.78, 5) is 48.6. The van der Waals surface area contributed by atoms with Crippen molar-refractivity contribution in [2.24, 2.45) is 0 Å². The summed E-state index contributed by atoms with van der Waals surface area (Å²) in [5.74, 6) is -2.12. The summed E-state index contributed by atoms with van der Waals surface area (Å²) < 4.78 is 31.8. The van der Waals surface area contributed by atoms with Crippen molar-refractivity contribution in [2.45, 2.75) is 32.1 Å². The number of alkyl halides is 1. The van der Waals surface area contributed by atoms with Crippen LogP contribution in [0.15, 0.2) is 85.6 Å². The van der Waals surface area contributed by atoms with Crippen molar-refractivity contribution in [1.82, 2.24) is 19.4 Å². The molecule has 1 fully saturated rings. The van der Waals surface area contributed by atoms with Crippen LogP contribution in [-0.4, -0.2) is 55.8 Å². The molecule has 1 aliphatic heterocycles. The summed E-state index contributed by atoms with van der Waals surface area (Å²) in [5, 5.41) is 6.68. The first-order chi connectivity index (χ1) is 21.7. The van der Waals surface area contributed by atoms with Gasteiger partial charge in [0.05, 0.1) is 30.3 Å². The highest BCUT2D eigenvalue weighted by Gasteiger charge is 2.40. The van der Waals surface area contributed by atoms with Crippen LogP contribution in [0, 0.1) is 5.82 Å². The summed E-state index contributed by atoms with van der Waals surface area (Å²) in [6.45, 7) is 0.904. The van der Waals surface area contributed by atoms with Gasteiger partial charge >= 0.3 is 0 Å². The Morgan fingerprint density at radius 3 is 2.51 bits per heavy atom. The third-order valence-electron chi connectivity index (χ3n) is 7.71. The normalized spacial score (nSPS) is 16.1. The number of hydrogen-bond donors (Lipinski definition) is 2. The van der Waals surface area contributed by atoms with Crippen molar-refractivity contribution in [1.29, 1.82) is 0 Å². The predicted octanol–water partition coefficient (Wildman–Crippen LogP) is 6.41. The van der Waals surface area contributed by atoms with Gasteiger partial charge in [-0.1, -0.05) is 41.9 Å². The van der Waals surface area contributed by atoms with E-state index in [1.165, 1.54) is 24.2 Å². The van der Waals surface area contributed by atoms with Gasteiger partial charge in [0.15, 0.2) is 11.6 Å². The Morgan fingerprint density at radius 1 is 1.00 bits per heavy atom. The van der Waals surface area contributed by atoms with E-state index in [1.807, 2.05) is 0 Å². The topological polar surface area (TPSA) is 109 Å². The molecule has 9 nitrogen and oxygen atoms in total. The highest BCUT2D eigenvalue weighted by atomic mass is 35.5. The van der Waals surface area contributed by atoms with Crippen molar-refractivity contribution < 1.29 is 23.2 Å². The van der Waals surface area contributed by atoms with E-state index in [9.17, 15) is 18.8 Å². The Kier molecular flexibility index (Phi) is 8.27. The molecule has 3 heterocycles. The first-order valence-electron chi connectivity index (χ1n) is 14.1. The molecule has 228 valence electrons. The second kappa shape index (κ2) is 12.4. The molecule has 0 aliphatic carbocycles. The Hall–Kier alpha value is -5.16. The molecule has 1 saturated heterocycles. The smallest absolute Gasteiger partial charge is 0.247 e. The van der Waals surface area contributed by atoms with Crippen LogP contribution in [0.5, 0.6) is 0 Å². The zero-order chi connectivity index (χ0) is 31.7. The molecule has 2 aromatic heterocycles. The molecule has 6 rings (SSSR count). The number of fused-ring (bicyclic) bond motifs is 1. The van der Waals surface area contributed by atoms with E-state index in [1.54, 1.807) is 77.8 Å². The monoisotopic (exact) mass is 628 g/mol. The average Bonchev–Trinajstić information content (AvgIpc) is 3.59. The largest absolute Gasteiger partial charge is 0.353 e. The fourth-order valence-electron chi connectivity index (χ4n) is 5.59. The molecule has 5 aromatic rings. The highest BCUT2D eigenvalue weighted by molar-refractivity contribution is 6.33. The third-order valence-corrected chi connectivity index (χ3v) is 8.04. The van der Waals surface area contributed by atoms with Crippen LogP contribution in [0.1, 0.15) is 23.7 Å². The molecule has 0 radical (unpaired) electrons. The van der Waals surface area contributed by atoms with Gasteiger partial charge in [-0.25, -0.2) is 18.7 Å². The minimum Gasteiger partial charge on any atom is -0.353 e. The predicted molar refractivity (Wildman–Crippen MR) is 168 cm³/mol. The van der Waals surface area contributed by atoms with Crippen molar-refractivity contribution in [3.05, 3.63) is 102 Å². The Morgan fingerprint density at radius 2 is 1.76 bits per heavy atom. The molecule has 0 spiro atoms. The number of rotatable bonds is 8. The van der Waals surface area contributed by atoms with Gasteiger partial charge in [-0.2, -0.15) is 0 Å². The molecule has 1 aliphatic rings. The van der Waals surface area contributed by atoms with Crippen molar-refractivity contribution in [3.63, 3.8) is 0 Å². The molecule has 0 bridgehead atoms. The number of likely N-dealkylation sites (tertiary alicyclic amines) is 1. The number of ketones is 1. The number of halogens is 3. The van der Waals surface area contributed by atoms with E-state index < -0.39 is 29.8 Å². The van der Waals surface area contributed by atoms with Crippen LogP contribution >= 0.6 is 11.6 Å². The number of hydrogen-bond acceptors (Lipinski definition) is 6. The Balaban J connectivity index is 1.23. The maximum Gasteiger partial charge on any atom is 0.247 e. The lowest BCUT2D eigenvalue weighted by atomic mass is 10.0. The molecule has 12 heteroatoms. The summed E-state index contributed by atoms with van der Waals surface area (Å²) in [6, 6.07) is 15.4. The number of amides is 2. The van der Waals surface area contributed by atoms with Crippen molar-refractivity contribution >= 4 is 57.2 Å². The van der Waals surface area contributed by atoms with Crippen LogP contribution < -0.4 is 10.6 Å². The summed E-state index contributed by atoms with van der Waals surface area (Å²) in [7, 11) is 0. The van der Waals surface area contributed by atoms with E-state index in [-0.39, 0.29) is 36.5 Å². The van der Waals surface area contributed by atoms with Gasteiger partial charge in [0.1, 0.15) is 25.1 Å². The summed E-state index contributed by atoms with van der Waals surface area (Å²) >= 11 is 6.26. The molecule has 2 amide bonds. The number of nitrogens with one attached hydrogen (secondary N) is 2. The SMILES string of the molecule is CC(=O)c1cn(CC(=O)N2CC(F)CC2C(=O)Nc2cccc(-c3ccccc3Cl)c2F)c2ccc(Nc3cncnc3)cc12. The van der Waals surface area contributed by atoms with Crippen LogP contribution in [0.3, 0.4) is 0 Å². The number of benzene rings is 3. The number of aromatic nitrogens is 3. The number of anilines is 3. The number of Topliss-reactive ketones (excluding diaryl/α,β-unsaturated/α-hetero) is 1. The van der Waals surface area contributed by atoms with Crippen LogP contribution in [-0.2, 0) is 16.1 Å². The minimum atomic E-state index is -1.44. The maximum atomic E-state index is 15.5. The molecule has 3 aromatic carbocycles. The van der Waals surface area contributed by atoms with Gasteiger partial charge in [0, 0.05) is 50.9 Å². The number of carbonyl (C=O) groups is 3. The first kappa shape index (κ1) is 29.9. The lowest BCUT2D eigenvalue weighted by Gasteiger charge is -2.24. The van der Waals surface area contributed by atoms with E-state index >= 15 is 4.39 Å². The van der Waals surface area contributed by atoms with Crippen LogP contribution in [0.2, 0.25) is 5.02 Å². The Labute approximate surface area is 261 Å². The quantitative estimate of drug-likeness (QED) is 0.192. The summed E-state index contributed by atoms with van der Waals surface area (Å²) in [6.07, 6.45) is 4.54. The van der Waals surface area contributed by atoms with Crippen molar-refractivity contribution in [3.8, 4) is 11.1 Å². The standard InChI is InChI=1S/C33H27ClF2N6O3/c1-19(43)26-16-41(29-10-9-21(12-25(26)29)39-22-13-37-18-38-14-22)17-31(44)42-15-20(35)11-30(42)33(45)40-28-8-4-6-24(32(28)36)23-5-2-3-7-27(23)34/h2-10,12-14,16,18,20,30,39H,11,15,17H2,1H3,(H,40,45). The number of nitrogens with zero attached hydrogens (tertiary/aromatic N) is 4. The van der Waals surface area contributed by atoms with Gasteiger partial charge in [0.2, 0.25) is 11.8 Å². The van der Waals surface area contributed by atoms with E-state index in [0.717, 1.165) is 0 Å². The number of carbonyl (C=O) groups excluding carboxylic acids is 3. The van der Waals surface area contributed by atoms with Gasteiger partial charge < -0.3 is 20.1 Å².